The molecule has 4 nitrogen and oxygen atoms in total. The molecule has 1 aromatic heterocycles. The van der Waals surface area contributed by atoms with Gasteiger partial charge in [0.15, 0.2) is 5.11 Å². The molecule has 0 aliphatic carbocycles. The Labute approximate surface area is 110 Å². The first kappa shape index (κ1) is 11.2. The Kier molecular flexibility index (Phi) is 2.56. The molecular formula is C13H13N3OS. The number of fused-ring (bicyclic) bond motifs is 1. The molecule has 0 spiro atoms. The van der Waals surface area contributed by atoms with E-state index < -0.39 is 0 Å². The number of carbonyl (C=O) groups excluding carboxylic acids is 1. The summed E-state index contributed by atoms with van der Waals surface area (Å²) in [4.78, 5) is 18.3. The van der Waals surface area contributed by atoms with Crippen molar-refractivity contribution in [2.24, 2.45) is 0 Å². The van der Waals surface area contributed by atoms with Crippen LogP contribution in [-0.2, 0) is 11.3 Å². The van der Waals surface area contributed by atoms with Gasteiger partial charge in [-0.3, -0.25) is 9.69 Å². The Balaban J connectivity index is 1.89. The van der Waals surface area contributed by atoms with Gasteiger partial charge in [-0.2, -0.15) is 0 Å². The number of likely N-dealkylation sites (N-methyl/N-ethyl adjacent to an activating group) is 1. The summed E-state index contributed by atoms with van der Waals surface area (Å²) in [7, 11) is 1.72. The van der Waals surface area contributed by atoms with E-state index >= 15 is 0 Å². The van der Waals surface area contributed by atoms with Crippen molar-refractivity contribution in [3.63, 3.8) is 0 Å². The standard InChI is InChI=1S/C13H13N3OS/c1-15-12(17)8-16(13(15)18)7-9-6-14-11-5-3-2-4-10(9)11/h2-6,14H,7-8H2,1H3. The number of nitrogens with one attached hydrogen (secondary N) is 1. The highest BCUT2D eigenvalue weighted by Crippen LogP contribution is 2.21. The summed E-state index contributed by atoms with van der Waals surface area (Å²) in [5.74, 6) is 0.0554. The van der Waals surface area contributed by atoms with Crippen LogP contribution in [0, 0.1) is 0 Å². The number of rotatable bonds is 2. The molecule has 1 amide bonds. The Morgan fingerprint density at radius 1 is 1.39 bits per heavy atom. The molecule has 1 saturated heterocycles. The lowest BCUT2D eigenvalue weighted by atomic mass is 10.2. The molecule has 0 radical (unpaired) electrons. The van der Waals surface area contributed by atoms with E-state index in [2.05, 4.69) is 11.1 Å². The number of H-pyrrole nitrogens is 1. The second kappa shape index (κ2) is 4.10. The van der Waals surface area contributed by atoms with E-state index in [1.165, 1.54) is 10.3 Å². The van der Waals surface area contributed by atoms with Crippen LogP contribution in [0.25, 0.3) is 10.9 Å². The first-order chi connectivity index (χ1) is 8.66. The van der Waals surface area contributed by atoms with E-state index in [-0.39, 0.29) is 5.91 Å². The molecule has 2 heterocycles. The largest absolute Gasteiger partial charge is 0.361 e. The minimum absolute atomic E-state index is 0.0554. The molecule has 2 aromatic rings. The SMILES string of the molecule is CN1C(=O)CN(Cc2c[nH]c3ccccc23)C1=S. The number of amides is 1. The third-order valence-corrected chi connectivity index (χ3v) is 3.83. The van der Waals surface area contributed by atoms with Gasteiger partial charge in [0.25, 0.3) is 0 Å². The second-order valence-corrected chi connectivity index (χ2v) is 4.82. The van der Waals surface area contributed by atoms with E-state index in [0.717, 1.165) is 11.1 Å². The maximum absolute atomic E-state index is 11.6. The van der Waals surface area contributed by atoms with Gasteiger partial charge in [0.2, 0.25) is 5.91 Å². The average Bonchev–Trinajstić information content (AvgIpc) is 2.89. The lowest BCUT2D eigenvalue weighted by molar-refractivity contribution is -0.124. The molecule has 18 heavy (non-hydrogen) atoms. The number of para-hydroxylation sites is 1. The Hall–Kier alpha value is -1.88. The highest BCUT2D eigenvalue weighted by molar-refractivity contribution is 7.80. The third-order valence-electron chi connectivity index (χ3n) is 3.29. The van der Waals surface area contributed by atoms with Crippen molar-refractivity contribution in [3.05, 3.63) is 36.0 Å². The number of benzene rings is 1. The van der Waals surface area contributed by atoms with Crippen LogP contribution in [0.2, 0.25) is 0 Å². The quantitative estimate of drug-likeness (QED) is 0.835. The summed E-state index contributed by atoms with van der Waals surface area (Å²) >= 11 is 5.26. The van der Waals surface area contributed by atoms with Crippen LogP contribution in [0.1, 0.15) is 5.56 Å². The van der Waals surface area contributed by atoms with Crippen LogP contribution in [-0.4, -0.2) is 39.4 Å². The molecule has 92 valence electrons. The smallest absolute Gasteiger partial charge is 0.248 e. The van der Waals surface area contributed by atoms with Gasteiger partial charge in [0.1, 0.15) is 0 Å². The number of thiocarbonyl (C=S) groups is 1. The first-order valence-corrected chi connectivity index (χ1v) is 6.18. The van der Waals surface area contributed by atoms with Gasteiger partial charge in [0.05, 0.1) is 6.54 Å². The van der Waals surface area contributed by atoms with Gasteiger partial charge < -0.3 is 9.88 Å². The molecule has 1 N–H and O–H groups in total. The predicted octanol–water partition coefficient (Wildman–Crippen LogP) is 1.73. The van der Waals surface area contributed by atoms with E-state index in [4.69, 9.17) is 12.2 Å². The van der Waals surface area contributed by atoms with Crippen LogP contribution in [0.5, 0.6) is 0 Å². The summed E-state index contributed by atoms with van der Waals surface area (Å²) in [6.07, 6.45) is 1.98. The molecule has 1 aliphatic heterocycles. The lowest BCUT2D eigenvalue weighted by Gasteiger charge is -2.17. The number of aromatic amines is 1. The monoisotopic (exact) mass is 259 g/mol. The Morgan fingerprint density at radius 3 is 2.89 bits per heavy atom. The fourth-order valence-corrected chi connectivity index (χ4v) is 2.48. The number of carbonyl (C=O) groups is 1. The zero-order valence-electron chi connectivity index (χ0n) is 10.0. The molecule has 0 unspecified atom stereocenters. The molecule has 1 fully saturated rings. The summed E-state index contributed by atoms with van der Waals surface area (Å²) in [6, 6.07) is 8.13. The number of aromatic nitrogens is 1. The van der Waals surface area contributed by atoms with Crippen LogP contribution in [0.3, 0.4) is 0 Å². The van der Waals surface area contributed by atoms with Crippen LogP contribution < -0.4 is 0 Å². The summed E-state index contributed by atoms with van der Waals surface area (Å²) in [5, 5.41) is 1.78. The average molecular weight is 259 g/mol. The minimum Gasteiger partial charge on any atom is -0.361 e. The highest BCUT2D eigenvalue weighted by atomic mass is 32.1. The molecule has 0 bridgehead atoms. The van der Waals surface area contributed by atoms with Crippen molar-refractivity contribution >= 4 is 34.1 Å². The van der Waals surface area contributed by atoms with E-state index in [1.807, 2.05) is 29.3 Å². The number of hydrogen-bond donors (Lipinski definition) is 1. The minimum atomic E-state index is 0.0554. The van der Waals surface area contributed by atoms with Gasteiger partial charge in [0, 0.05) is 30.7 Å². The van der Waals surface area contributed by atoms with Gasteiger partial charge in [-0.1, -0.05) is 18.2 Å². The molecule has 3 rings (SSSR count). The molecule has 0 saturated carbocycles. The number of hydrogen-bond acceptors (Lipinski definition) is 2. The van der Waals surface area contributed by atoms with Crippen molar-refractivity contribution in [3.8, 4) is 0 Å². The van der Waals surface area contributed by atoms with E-state index in [0.29, 0.717) is 18.2 Å². The van der Waals surface area contributed by atoms with Gasteiger partial charge in [-0.05, 0) is 23.8 Å². The zero-order valence-corrected chi connectivity index (χ0v) is 10.8. The fourth-order valence-electron chi connectivity index (χ4n) is 2.25. The summed E-state index contributed by atoms with van der Waals surface area (Å²) in [5.41, 5.74) is 2.27. The Bertz CT molecular complexity index is 634. The van der Waals surface area contributed by atoms with Crippen molar-refractivity contribution in [1.29, 1.82) is 0 Å². The first-order valence-electron chi connectivity index (χ1n) is 5.77. The van der Waals surface area contributed by atoms with Gasteiger partial charge in [-0.25, -0.2) is 0 Å². The van der Waals surface area contributed by atoms with Gasteiger partial charge in [-0.15, -0.1) is 0 Å². The van der Waals surface area contributed by atoms with E-state index in [9.17, 15) is 4.79 Å². The van der Waals surface area contributed by atoms with Crippen LogP contribution in [0.15, 0.2) is 30.5 Å². The van der Waals surface area contributed by atoms with Crippen molar-refractivity contribution in [1.82, 2.24) is 14.8 Å². The maximum Gasteiger partial charge on any atom is 0.248 e. The lowest BCUT2D eigenvalue weighted by Crippen LogP contribution is -2.29. The third kappa shape index (κ3) is 1.67. The topological polar surface area (TPSA) is 39.3 Å². The summed E-state index contributed by atoms with van der Waals surface area (Å²) in [6.45, 7) is 1.04. The molecule has 0 atom stereocenters. The van der Waals surface area contributed by atoms with Crippen LogP contribution in [0.4, 0.5) is 0 Å². The highest BCUT2D eigenvalue weighted by Gasteiger charge is 2.29. The van der Waals surface area contributed by atoms with E-state index in [1.54, 1.807) is 7.05 Å². The predicted molar refractivity (Wildman–Crippen MR) is 74.1 cm³/mol. The zero-order chi connectivity index (χ0) is 12.7. The molecule has 1 aromatic carbocycles. The van der Waals surface area contributed by atoms with Crippen molar-refractivity contribution in [2.75, 3.05) is 13.6 Å². The summed E-state index contributed by atoms with van der Waals surface area (Å²) < 4.78 is 0. The molecule has 5 heteroatoms. The Morgan fingerprint density at radius 2 is 2.17 bits per heavy atom. The van der Waals surface area contributed by atoms with Gasteiger partial charge >= 0.3 is 0 Å². The van der Waals surface area contributed by atoms with Crippen molar-refractivity contribution in [2.45, 2.75) is 6.54 Å². The fraction of sp³-hybridized carbons (Fsp3) is 0.231. The maximum atomic E-state index is 11.6. The second-order valence-electron chi connectivity index (χ2n) is 4.45. The number of nitrogens with zero attached hydrogens (tertiary/aromatic N) is 2. The molecular weight excluding hydrogens is 246 g/mol. The molecule has 1 aliphatic rings. The van der Waals surface area contributed by atoms with Crippen LogP contribution >= 0.6 is 12.2 Å². The normalized spacial score (nSPS) is 16.1. The van der Waals surface area contributed by atoms with Crippen molar-refractivity contribution < 1.29 is 4.79 Å².